The Balaban J connectivity index is 1.55. The van der Waals surface area contributed by atoms with Gasteiger partial charge in [0, 0.05) is 18.0 Å². The first-order valence-electron chi connectivity index (χ1n) is 8.41. The molecule has 13 heteroatoms. The summed E-state index contributed by atoms with van der Waals surface area (Å²) in [6, 6.07) is 4.11. The standard InChI is InChI=1S/C17H15ClF4N6O2/c18-13-2-1-10(3-14(13)30-15(19)20)24-4-11(27-23)7-29-16-25-5-12(6-26-16)28-8-17(21,22)9-28/h1-6,15,23-24H,7-9H2/b11-4-,27-23?. The Labute approximate surface area is 173 Å². The third kappa shape index (κ3) is 5.69. The Hall–Kier alpha value is -3.15. The third-order valence-corrected chi connectivity index (χ3v) is 4.18. The number of ether oxygens (including phenoxy) is 2. The summed E-state index contributed by atoms with van der Waals surface area (Å²) in [7, 11) is 0. The second-order valence-electron chi connectivity index (χ2n) is 6.14. The van der Waals surface area contributed by atoms with Crippen LogP contribution in [0.25, 0.3) is 0 Å². The van der Waals surface area contributed by atoms with Gasteiger partial charge in [0.25, 0.3) is 5.92 Å². The summed E-state index contributed by atoms with van der Waals surface area (Å²) in [6.45, 7) is -3.97. The van der Waals surface area contributed by atoms with E-state index in [1.807, 2.05) is 0 Å². The number of aromatic nitrogens is 2. The van der Waals surface area contributed by atoms with Gasteiger partial charge in [-0.25, -0.2) is 24.3 Å². The quantitative estimate of drug-likeness (QED) is 0.433. The van der Waals surface area contributed by atoms with Crippen LogP contribution in [0.1, 0.15) is 0 Å². The summed E-state index contributed by atoms with van der Waals surface area (Å²) < 4.78 is 60.2. The lowest BCUT2D eigenvalue weighted by atomic mass is 10.1. The van der Waals surface area contributed by atoms with Gasteiger partial charge < -0.3 is 19.7 Å². The van der Waals surface area contributed by atoms with Gasteiger partial charge in [-0.2, -0.15) is 13.9 Å². The molecule has 0 unspecified atom stereocenters. The smallest absolute Gasteiger partial charge is 0.387 e. The molecular formula is C17H15ClF4N6O2. The number of benzene rings is 1. The fourth-order valence-corrected chi connectivity index (χ4v) is 2.59. The van der Waals surface area contributed by atoms with E-state index in [0.717, 1.165) is 0 Å². The molecule has 2 N–H and O–H groups in total. The van der Waals surface area contributed by atoms with Gasteiger partial charge in [-0.1, -0.05) is 11.6 Å². The van der Waals surface area contributed by atoms with Gasteiger partial charge in [0.2, 0.25) is 0 Å². The molecular weight excluding hydrogens is 432 g/mol. The van der Waals surface area contributed by atoms with Gasteiger partial charge in [0.15, 0.2) is 0 Å². The predicted molar refractivity (Wildman–Crippen MR) is 99.6 cm³/mol. The molecule has 0 bridgehead atoms. The Morgan fingerprint density at radius 2 is 2.03 bits per heavy atom. The fraction of sp³-hybridized carbons (Fsp3) is 0.294. The molecule has 1 saturated heterocycles. The number of hydrogen-bond acceptors (Lipinski definition) is 8. The lowest BCUT2D eigenvalue weighted by Crippen LogP contribution is -2.56. The van der Waals surface area contributed by atoms with Gasteiger partial charge in [-0.15, -0.1) is 0 Å². The third-order valence-electron chi connectivity index (χ3n) is 3.87. The van der Waals surface area contributed by atoms with Crippen LogP contribution < -0.4 is 19.7 Å². The molecule has 1 fully saturated rings. The molecule has 8 nitrogen and oxygen atoms in total. The van der Waals surface area contributed by atoms with E-state index in [0.29, 0.717) is 11.4 Å². The maximum atomic E-state index is 12.9. The molecule has 160 valence electrons. The fourth-order valence-electron chi connectivity index (χ4n) is 2.43. The first kappa shape index (κ1) is 21.6. The molecule has 3 rings (SSSR count). The molecule has 1 aliphatic heterocycles. The molecule has 0 aliphatic carbocycles. The highest BCUT2D eigenvalue weighted by molar-refractivity contribution is 6.32. The van der Waals surface area contributed by atoms with Crippen molar-refractivity contribution in [3.05, 3.63) is 47.5 Å². The molecule has 0 spiro atoms. The molecule has 1 aliphatic rings. The summed E-state index contributed by atoms with van der Waals surface area (Å²) in [5.41, 5.74) is 8.14. The zero-order valence-corrected chi connectivity index (χ0v) is 15.9. The van der Waals surface area contributed by atoms with Gasteiger partial charge in [-0.05, 0) is 12.1 Å². The Bertz CT molecular complexity index is 921. The number of hydrogen-bond donors (Lipinski definition) is 2. The van der Waals surface area contributed by atoms with Gasteiger partial charge >= 0.3 is 12.6 Å². The number of halogens is 5. The van der Waals surface area contributed by atoms with Crippen molar-refractivity contribution in [1.29, 1.82) is 5.53 Å². The molecule has 0 saturated carbocycles. The van der Waals surface area contributed by atoms with Crippen LogP contribution >= 0.6 is 11.6 Å². The Morgan fingerprint density at radius 1 is 1.33 bits per heavy atom. The Morgan fingerprint density at radius 3 is 2.63 bits per heavy atom. The topological polar surface area (TPSA) is 95.7 Å². The highest BCUT2D eigenvalue weighted by atomic mass is 35.5. The average Bonchev–Trinajstić information content (AvgIpc) is 2.68. The van der Waals surface area contributed by atoms with Crippen LogP contribution in [0.15, 0.2) is 47.6 Å². The molecule has 2 aromatic rings. The highest BCUT2D eigenvalue weighted by Gasteiger charge is 2.44. The van der Waals surface area contributed by atoms with Crippen LogP contribution in [0.2, 0.25) is 5.02 Å². The van der Waals surface area contributed by atoms with Crippen molar-refractivity contribution in [3.8, 4) is 11.8 Å². The minimum atomic E-state index is -3.02. The van der Waals surface area contributed by atoms with Gasteiger partial charge in [0.1, 0.15) is 18.1 Å². The maximum Gasteiger partial charge on any atom is 0.387 e. The number of nitrogens with one attached hydrogen (secondary N) is 2. The van der Waals surface area contributed by atoms with Crippen molar-refractivity contribution in [1.82, 2.24) is 9.97 Å². The number of alkyl halides is 4. The molecule has 2 heterocycles. The second kappa shape index (κ2) is 9.11. The number of nitrogens with zero attached hydrogens (tertiary/aromatic N) is 4. The van der Waals surface area contributed by atoms with E-state index >= 15 is 0 Å². The lowest BCUT2D eigenvalue weighted by molar-refractivity contribution is -0.0497. The van der Waals surface area contributed by atoms with E-state index in [1.165, 1.54) is 41.7 Å². The predicted octanol–water partition coefficient (Wildman–Crippen LogP) is 4.55. The van der Waals surface area contributed by atoms with E-state index in [1.54, 1.807) is 0 Å². The normalized spacial score (nSPS) is 15.5. The molecule has 1 aromatic heterocycles. The number of rotatable bonds is 9. The van der Waals surface area contributed by atoms with E-state index in [9.17, 15) is 17.6 Å². The second-order valence-corrected chi connectivity index (χ2v) is 6.55. The molecule has 1 aromatic carbocycles. The largest absolute Gasteiger partial charge is 0.457 e. The summed E-state index contributed by atoms with van der Waals surface area (Å²) in [4.78, 5) is 9.29. The van der Waals surface area contributed by atoms with Crippen LogP contribution in [0.5, 0.6) is 11.8 Å². The molecule has 0 amide bonds. The Kier molecular flexibility index (Phi) is 6.55. The summed E-state index contributed by atoms with van der Waals surface area (Å²) in [6.07, 6.45) is 4.03. The summed E-state index contributed by atoms with van der Waals surface area (Å²) in [5, 5.41) is 6.07. The number of anilines is 2. The van der Waals surface area contributed by atoms with Crippen LogP contribution in [0.3, 0.4) is 0 Å². The lowest BCUT2D eigenvalue weighted by Gasteiger charge is -2.39. The summed E-state index contributed by atoms with van der Waals surface area (Å²) >= 11 is 5.78. The summed E-state index contributed by atoms with van der Waals surface area (Å²) in [5.74, 6) is -2.91. The zero-order chi connectivity index (χ0) is 21.7. The first-order valence-corrected chi connectivity index (χ1v) is 8.78. The van der Waals surface area contributed by atoms with Crippen molar-refractivity contribution in [2.75, 3.05) is 29.9 Å². The van der Waals surface area contributed by atoms with Crippen molar-refractivity contribution >= 4 is 23.0 Å². The van der Waals surface area contributed by atoms with Crippen molar-refractivity contribution in [2.24, 2.45) is 5.11 Å². The van der Waals surface area contributed by atoms with E-state index in [4.69, 9.17) is 21.9 Å². The zero-order valence-electron chi connectivity index (χ0n) is 15.2. The van der Waals surface area contributed by atoms with Crippen molar-refractivity contribution in [3.63, 3.8) is 0 Å². The maximum absolute atomic E-state index is 12.9. The van der Waals surface area contributed by atoms with Crippen LogP contribution in [-0.2, 0) is 0 Å². The molecule has 0 atom stereocenters. The van der Waals surface area contributed by atoms with Crippen LogP contribution in [0, 0.1) is 5.53 Å². The molecule has 0 radical (unpaired) electrons. The first-order chi connectivity index (χ1) is 14.3. The van der Waals surface area contributed by atoms with Crippen molar-refractivity contribution in [2.45, 2.75) is 12.5 Å². The SMILES string of the molecule is N=N/C(=C\Nc1ccc(Cl)c(OC(F)F)c1)COc1ncc(N2CC(F)(F)C2)cn1. The van der Waals surface area contributed by atoms with Gasteiger partial charge in [0.05, 0.1) is 36.2 Å². The van der Waals surface area contributed by atoms with Crippen LogP contribution in [0.4, 0.5) is 28.9 Å². The van der Waals surface area contributed by atoms with E-state index in [2.05, 4.69) is 25.1 Å². The molecule has 30 heavy (non-hydrogen) atoms. The highest BCUT2D eigenvalue weighted by Crippen LogP contribution is 2.31. The monoisotopic (exact) mass is 446 g/mol. The van der Waals surface area contributed by atoms with Crippen molar-refractivity contribution < 1.29 is 27.0 Å². The van der Waals surface area contributed by atoms with E-state index in [-0.39, 0.29) is 42.2 Å². The minimum Gasteiger partial charge on any atom is -0.457 e. The van der Waals surface area contributed by atoms with Crippen LogP contribution in [-0.4, -0.2) is 42.2 Å². The van der Waals surface area contributed by atoms with Gasteiger partial charge in [-0.3, -0.25) is 0 Å². The minimum absolute atomic E-state index is 0.0149. The average molecular weight is 447 g/mol. The van der Waals surface area contributed by atoms with E-state index < -0.39 is 12.5 Å².